The summed E-state index contributed by atoms with van der Waals surface area (Å²) in [5, 5.41) is 18.1. The van der Waals surface area contributed by atoms with Gasteiger partial charge in [0, 0.05) is 54.4 Å². The Labute approximate surface area is 317 Å². The first kappa shape index (κ1) is 39.7. The van der Waals surface area contributed by atoms with Crippen molar-refractivity contribution in [3.8, 4) is 12.1 Å². The van der Waals surface area contributed by atoms with E-state index in [2.05, 4.69) is 0 Å². The summed E-state index contributed by atoms with van der Waals surface area (Å²) in [6.07, 6.45) is 1.38. The minimum absolute atomic E-state index is 0.0194. The van der Waals surface area contributed by atoms with Crippen LogP contribution in [0.2, 0.25) is 0 Å². The fourth-order valence-corrected chi connectivity index (χ4v) is 6.76. The summed E-state index contributed by atoms with van der Waals surface area (Å²) in [5.74, 6) is -2.39. The molecule has 0 radical (unpaired) electrons. The Bertz CT molecular complexity index is 2140. The lowest BCUT2D eigenvalue weighted by Gasteiger charge is -2.38. The molecule has 55 heavy (non-hydrogen) atoms. The average molecular weight is 745 g/mol. The maximum Gasteiger partial charge on any atom is 0.320 e. The third kappa shape index (κ3) is 9.35. The van der Waals surface area contributed by atoms with Crippen LogP contribution in [-0.2, 0) is 9.53 Å². The number of amides is 2. The molecule has 2 fully saturated rings. The normalized spacial score (nSPS) is 15.0. The van der Waals surface area contributed by atoms with Crippen LogP contribution in [0.3, 0.4) is 0 Å². The second-order valence-corrected chi connectivity index (χ2v) is 13.3. The Morgan fingerprint density at radius 3 is 1.60 bits per heavy atom. The maximum absolute atomic E-state index is 13.3. The zero-order valence-corrected chi connectivity index (χ0v) is 30.2. The first-order chi connectivity index (χ1) is 26.5. The lowest BCUT2D eigenvalue weighted by molar-refractivity contribution is -0.154. The topological polar surface area (TPSA) is 149 Å². The van der Waals surface area contributed by atoms with E-state index in [1.165, 1.54) is 54.6 Å². The molecule has 2 aliphatic heterocycles. The number of benzene rings is 4. The van der Waals surface area contributed by atoms with Crippen molar-refractivity contribution >= 4 is 29.4 Å². The number of esters is 1. The van der Waals surface area contributed by atoms with E-state index in [1.54, 1.807) is 59.2 Å². The van der Waals surface area contributed by atoms with E-state index in [1.807, 2.05) is 12.1 Å². The summed E-state index contributed by atoms with van der Waals surface area (Å²) in [4.78, 5) is 67.1. The quantitative estimate of drug-likeness (QED) is 0.109. The highest BCUT2D eigenvalue weighted by Crippen LogP contribution is 2.37. The van der Waals surface area contributed by atoms with Crippen LogP contribution < -0.4 is 0 Å². The molecule has 0 unspecified atom stereocenters. The Balaban J connectivity index is 0.000000214. The number of Topliss-reactive ketones (excluding diaryl/α,β-unsaturated/α-hetero) is 2. The van der Waals surface area contributed by atoms with Crippen molar-refractivity contribution in [2.24, 2.45) is 11.3 Å². The number of nitriles is 2. The number of ether oxygens (including phenoxy) is 1. The molecule has 2 heterocycles. The van der Waals surface area contributed by atoms with E-state index in [9.17, 15) is 32.8 Å². The zero-order valence-electron chi connectivity index (χ0n) is 30.2. The highest BCUT2D eigenvalue weighted by atomic mass is 19.1. The molecule has 12 heteroatoms. The molecule has 0 atom stereocenters. The fraction of sp³-hybridized carbons (Fsp3) is 0.279. The van der Waals surface area contributed by atoms with Gasteiger partial charge in [-0.25, -0.2) is 8.78 Å². The number of hydrogen-bond acceptors (Lipinski definition) is 8. The smallest absolute Gasteiger partial charge is 0.320 e. The van der Waals surface area contributed by atoms with Crippen molar-refractivity contribution in [2.45, 2.75) is 32.6 Å². The number of ketones is 2. The maximum atomic E-state index is 13.3. The van der Waals surface area contributed by atoms with Gasteiger partial charge >= 0.3 is 5.97 Å². The van der Waals surface area contributed by atoms with E-state index in [0.29, 0.717) is 53.7 Å². The van der Waals surface area contributed by atoms with Gasteiger partial charge in [0.1, 0.15) is 17.0 Å². The molecule has 0 N–H and O–H groups in total. The van der Waals surface area contributed by atoms with E-state index in [0.717, 1.165) is 0 Å². The van der Waals surface area contributed by atoms with E-state index in [-0.39, 0.29) is 67.4 Å². The van der Waals surface area contributed by atoms with Crippen LogP contribution >= 0.6 is 0 Å². The van der Waals surface area contributed by atoms with Crippen LogP contribution in [0.4, 0.5) is 8.78 Å². The summed E-state index contributed by atoms with van der Waals surface area (Å²) in [7, 11) is 0. The third-order valence-electron chi connectivity index (χ3n) is 9.87. The predicted molar refractivity (Wildman–Crippen MR) is 197 cm³/mol. The molecule has 4 aromatic carbocycles. The van der Waals surface area contributed by atoms with E-state index in [4.69, 9.17) is 15.3 Å². The standard InChI is InChI=1S/C23H21FN2O4.C20H17FN2O2/c1-2-30-22(29)23(20(27)18-5-3-4-16(14-18)15-25)10-12-26(13-11-23)21(28)17-6-8-19(24)9-7-17;21-18-6-4-16(5-7-18)20(25)23-10-8-15(9-11-23)19(24)17-3-1-2-14(12-17)13-22/h3-9,14H,2,10-13H2,1H3;1-7,12,15H,8-11H2. The Morgan fingerprint density at radius 1 is 0.673 bits per heavy atom. The van der Waals surface area contributed by atoms with Gasteiger partial charge in [-0.3, -0.25) is 24.0 Å². The van der Waals surface area contributed by atoms with Crippen LogP contribution in [0.1, 0.15) is 85.2 Å². The van der Waals surface area contributed by atoms with Crippen LogP contribution in [0.15, 0.2) is 97.1 Å². The number of halogens is 2. The van der Waals surface area contributed by atoms with Crippen molar-refractivity contribution in [1.82, 2.24) is 9.80 Å². The molecule has 0 saturated carbocycles. The van der Waals surface area contributed by atoms with E-state index >= 15 is 0 Å². The molecule has 4 aromatic rings. The molecule has 6 rings (SSSR count). The molecular weight excluding hydrogens is 706 g/mol. The van der Waals surface area contributed by atoms with Gasteiger partial charge in [-0.1, -0.05) is 24.3 Å². The van der Waals surface area contributed by atoms with Gasteiger partial charge in [0.15, 0.2) is 11.6 Å². The molecule has 2 aliphatic rings. The lowest BCUT2D eigenvalue weighted by Crippen LogP contribution is -2.51. The molecule has 2 saturated heterocycles. The van der Waals surface area contributed by atoms with Crippen LogP contribution in [0.25, 0.3) is 0 Å². The highest BCUT2D eigenvalue weighted by molar-refractivity contribution is 6.13. The van der Waals surface area contributed by atoms with Gasteiger partial charge < -0.3 is 14.5 Å². The lowest BCUT2D eigenvalue weighted by atomic mass is 9.72. The Hall–Kier alpha value is -6.53. The molecule has 0 aliphatic carbocycles. The Kier molecular flexibility index (Phi) is 13.0. The number of piperidine rings is 2. The summed E-state index contributed by atoms with van der Waals surface area (Å²) in [6.45, 7) is 3.14. The second-order valence-electron chi connectivity index (χ2n) is 13.3. The largest absolute Gasteiger partial charge is 0.465 e. The van der Waals surface area contributed by atoms with E-state index < -0.39 is 23.0 Å². The minimum Gasteiger partial charge on any atom is -0.465 e. The van der Waals surface area contributed by atoms with Gasteiger partial charge in [-0.15, -0.1) is 0 Å². The number of nitrogens with zero attached hydrogens (tertiary/aromatic N) is 4. The summed E-state index contributed by atoms with van der Waals surface area (Å²) in [5.41, 5.74) is 0.978. The second kappa shape index (κ2) is 18.0. The number of carbonyl (C=O) groups is 5. The number of rotatable bonds is 8. The van der Waals surface area contributed by atoms with Crippen LogP contribution in [0.5, 0.6) is 0 Å². The molecular formula is C43H38F2N4O6. The molecule has 280 valence electrons. The van der Waals surface area contributed by atoms with Crippen LogP contribution in [0, 0.1) is 45.6 Å². The molecule has 2 amide bonds. The molecule has 0 bridgehead atoms. The minimum atomic E-state index is -1.41. The first-order valence-corrected chi connectivity index (χ1v) is 17.9. The summed E-state index contributed by atoms with van der Waals surface area (Å²) in [6, 6.07) is 27.7. The van der Waals surface area contributed by atoms with Crippen molar-refractivity contribution in [2.75, 3.05) is 32.8 Å². The fourth-order valence-electron chi connectivity index (χ4n) is 6.76. The zero-order chi connectivity index (χ0) is 39.5. The number of likely N-dealkylation sites (tertiary alicyclic amines) is 2. The third-order valence-corrected chi connectivity index (χ3v) is 9.87. The van der Waals surface area contributed by atoms with Gasteiger partial charge in [-0.2, -0.15) is 10.5 Å². The SMILES string of the molecule is CCOC(=O)C1(C(=O)c2cccc(C#N)c2)CCN(C(=O)c2ccc(F)cc2)CC1.N#Cc1cccc(C(=O)C2CCN(C(=O)c3ccc(F)cc3)CC2)c1. The summed E-state index contributed by atoms with van der Waals surface area (Å²) < 4.78 is 31.3. The molecule has 0 aromatic heterocycles. The van der Waals surface area contributed by atoms with Crippen molar-refractivity contribution in [3.63, 3.8) is 0 Å². The van der Waals surface area contributed by atoms with Crippen molar-refractivity contribution in [1.29, 1.82) is 10.5 Å². The van der Waals surface area contributed by atoms with Gasteiger partial charge in [0.2, 0.25) is 0 Å². The first-order valence-electron chi connectivity index (χ1n) is 17.9. The number of carbonyl (C=O) groups excluding carboxylic acids is 5. The van der Waals surface area contributed by atoms with Crippen LogP contribution in [-0.4, -0.2) is 71.9 Å². The van der Waals surface area contributed by atoms with Gasteiger partial charge in [0.25, 0.3) is 11.8 Å². The molecule has 10 nitrogen and oxygen atoms in total. The predicted octanol–water partition coefficient (Wildman–Crippen LogP) is 6.80. The average Bonchev–Trinajstić information content (AvgIpc) is 3.23. The van der Waals surface area contributed by atoms with Gasteiger partial charge in [-0.05, 0) is 105 Å². The highest BCUT2D eigenvalue weighted by Gasteiger charge is 2.50. The summed E-state index contributed by atoms with van der Waals surface area (Å²) >= 11 is 0. The molecule has 0 spiro atoms. The van der Waals surface area contributed by atoms with Gasteiger partial charge in [0.05, 0.1) is 29.9 Å². The monoisotopic (exact) mass is 744 g/mol. The van der Waals surface area contributed by atoms with Crippen molar-refractivity contribution in [3.05, 3.63) is 142 Å². The number of hydrogen-bond donors (Lipinski definition) is 0. The Morgan fingerprint density at radius 2 is 1.13 bits per heavy atom. The van der Waals surface area contributed by atoms with Crippen molar-refractivity contribution < 1.29 is 37.5 Å².